The van der Waals surface area contributed by atoms with E-state index >= 15 is 0 Å². The number of rotatable bonds is 8. The van der Waals surface area contributed by atoms with E-state index in [-0.39, 0.29) is 36.2 Å². The number of hydrogen-bond acceptors (Lipinski definition) is 6. The van der Waals surface area contributed by atoms with Crippen molar-refractivity contribution in [2.24, 2.45) is 5.92 Å². The van der Waals surface area contributed by atoms with Gasteiger partial charge in [-0.3, -0.25) is 4.79 Å². The number of alkyl halides is 6. The molecule has 1 aliphatic heterocycles. The van der Waals surface area contributed by atoms with E-state index in [9.17, 15) is 41.0 Å². The molecule has 1 saturated carbocycles. The first-order chi connectivity index (χ1) is 21.1. The highest BCUT2D eigenvalue weighted by atomic mass is 79.9. The van der Waals surface area contributed by atoms with E-state index in [0.717, 1.165) is 0 Å². The maximum absolute atomic E-state index is 13.6. The Morgan fingerprint density at radius 1 is 0.933 bits per heavy atom. The van der Waals surface area contributed by atoms with Crippen molar-refractivity contribution in [2.45, 2.75) is 108 Å². The van der Waals surface area contributed by atoms with E-state index in [1.165, 1.54) is 12.4 Å². The third kappa shape index (κ3) is 8.59. The summed E-state index contributed by atoms with van der Waals surface area (Å²) >= 11 is 3.26. The summed E-state index contributed by atoms with van der Waals surface area (Å²) in [5.74, 6) is -1.19. The molecule has 1 amide bonds. The summed E-state index contributed by atoms with van der Waals surface area (Å²) in [6.45, 7) is 3.45. The van der Waals surface area contributed by atoms with Gasteiger partial charge in [0.05, 0.1) is 21.5 Å². The number of piperidine rings is 1. The minimum Gasteiger partial charge on any atom is -0.481 e. The van der Waals surface area contributed by atoms with Gasteiger partial charge in [-0.1, -0.05) is 13.8 Å². The molecule has 8 nitrogen and oxygen atoms in total. The van der Waals surface area contributed by atoms with Gasteiger partial charge < -0.3 is 19.6 Å². The highest BCUT2D eigenvalue weighted by Gasteiger charge is 2.42. The fraction of sp³-hybridized carbons (Fsp3) is 0.600. The third-order valence-electron chi connectivity index (χ3n) is 8.62. The van der Waals surface area contributed by atoms with Crippen LogP contribution in [-0.4, -0.2) is 56.3 Å². The van der Waals surface area contributed by atoms with Gasteiger partial charge in [-0.05, 0) is 91.1 Å². The second-order valence-corrected chi connectivity index (χ2v) is 12.5. The number of aliphatic carboxylic acids is 1. The van der Waals surface area contributed by atoms with Crippen molar-refractivity contribution < 1.29 is 45.8 Å². The van der Waals surface area contributed by atoms with Crippen LogP contribution in [0.2, 0.25) is 0 Å². The molecular weight excluding hydrogens is 674 g/mol. The SMILES string of the molecule is CC[C@@H]1CC(N(Cc2cc(C(F)(F)F)cc(C(F)(F)F)c2)c2ncc(Br)cn2)C[C@H](CC)N1C(=O)O[C@H]1CC[C@H](C(=O)O)CC1. The fourth-order valence-electron chi connectivity index (χ4n) is 6.28. The second kappa shape index (κ2) is 14.1. The van der Waals surface area contributed by atoms with Gasteiger partial charge in [0.25, 0.3) is 0 Å². The van der Waals surface area contributed by atoms with Gasteiger partial charge in [-0.25, -0.2) is 14.8 Å². The van der Waals surface area contributed by atoms with E-state index in [1.54, 1.807) is 9.80 Å². The Morgan fingerprint density at radius 3 is 1.89 bits per heavy atom. The monoisotopic (exact) mass is 708 g/mol. The lowest BCUT2D eigenvalue weighted by molar-refractivity contribution is -0.144. The second-order valence-electron chi connectivity index (χ2n) is 11.6. The van der Waals surface area contributed by atoms with Crippen LogP contribution in [0.4, 0.5) is 37.1 Å². The molecule has 2 aliphatic rings. The summed E-state index contributed by atoms with van der Waals surface area (Å²) in [6, 6.07) is 0.397. The lowest BCUT2D eigenvalue weighted by Gasteiger charge is -2.47. The first kappa shape index (κ1) is 34.8. The van der Waals surface area contributed by atoms with Crippen LogP contribution in [-0.2, 0) is 28.4 Å². The molecule has 1 unspecified atom stereocenters. The number of carbonyl (C=O) groups is 2. The Morgan fingerprint density at radius 2 is 1.44 bits per heavy atom. The zero-order chi connectivity index (χ0) is 33.1. The quantitative estimate of drug-likeness (QED) is 0.277. The van der Waals surface area contributed by atoms with Crippen LogP contribution >= 0.6 is 15.9 Å². The highest BCUT2D eigenvalue weighted by molar-refractivity contribution is 9.10. The van der Waals surface area contributed by atoms with Gasteiger partial charge in [-0.15, -0.1) is 0 Å². The highest BCUT2D eigenvalue weighted by Crippen LogP contribution is 2.38. The topological polar surface area (TPSA) is 95.9 Å². The molecule has 1 N–H and O–H groups in total. The predicted octanol–water partition coefficient (Wildman–Crippen LogP) is 8.08. The third-order valence-corrected chi connectivity index (χ3v) is 9.03. The van der Waals surface area contributed by atoms with E-state index < -0.39 is 53.6 Å². The number of amides is 1. The zero-order valence-corrected chi connectivity index (χ0v) is 26.3. The molecule has 1 aromatic heterocycles. The normalized spacial score (nSPS) is 24.3. The average Bonchev–Trinajstić information content (AvgIpc) is 2.98. The molecule has 248 valence electrons. The number of halogens is 7. The summed E-state index contributed by atoms with van der Waals surface area (Å²) in [5, 5.41) is 9.27. The van der Waals surface area contributed by atoms with Gasteiger partial charge in [-0.2, -0.15) is 26.3 Å². The molecule has 0 bridgehead atoms. The summed E-state index contributed by atoms with van der Waals surface area (Å²) in [4.78, 5) is 36.7. The number of nitrogens with zero attached hydrogens (tertiary/aromatic N) is 4. The number of anilines is 1. The number of likely N-dealkylation sites (tertiary alicyclic amines) is 1. The van der Waals surface area contributed by atoms with Crippen molar-refractivity contribution in [3.05, 3.63) is 51.8 Å². The lowest BCUT2D eigenvalue weighted by Crippen LogP contribution is -2.57. The zero-order valence-electron chi connectivity index (χ0n) is 24.7. The summed E-state index contributed by atoms with van der Waals surface area (Å²) in [7, 11) is 0. The minimum absolute atomic E-state index is 0.0996. The standard InChI is InChI=1S/C30H35BrF6N4O4/c1-3-22-12-24(13-23(4-2)41(22)28(44)45-25-7-5-18(6-8-25)26(42)43)40(27-38-14-21(31)15-39-27)16-17-9-19(29(32,33)34)11-20(10-17)30(35,36)37/h9-11,14-15,18,22-25H,3-8,12-13,16H2,1-2H3,(H,42,43)/t18-,22-,23+,24?,25-. The van der Waals surface area contributed by atoms with Crippen molar-refractivity contribution in [2.75, 3.05) is 4.90 Å². The molecule has 45 heavy (non-hydrogen) atoms. The number of benzene rings is 1. The van der Waals surface area contributed by atoms with Crippen molar-refractivity contribution in [1.82, 2.24) is 14.9 Å². The average molecular weight is 710 g/mol. The fourth-order valence-corrected chi connectivity index (χ4v) is 6.49. The molecule has 15 heteroatoms. The molecule has 2 heterocycles. The van der Waals surface area contributed by atoms with Crippen LogP contribution in [0.1, 0.15) is 81.9 Å². The minimum atomic E-state index is -4.99. The van der Waals surface area contributed by atoms with Crippen molar-refractivity contribution in [3.8, 4) is 0 Å². The van der Waals surface area contributed by atoms with Gasteiger partial charge in [0.15, 0.2) is 0 Å². The van der Waals surface area contributed by atoms with E-state index in [2.05, 4.69) is 25.9 Å². The number of carboxylic acids is 1. The van der Waals surface area contributed by atoms with Crippen LogP contribution in [0, 0.1) is 5.92 Å². The molecule has 1 aromatic carbocycles. The van der Waals surface area contributed by atoms with Crippen LogP contribution in [0.3, 0.4) is 0 Å². The molecule has 4 rings (SSSR count). The summed E-state index contributed by atoms with van der Waals surface area (Å²) < 4.78 is 88.2. The first-order valence-corrected chi connectivity index (χ1v) is 15.6. The van der Waals surface area contributed by atoms with Gasteiger partial charge in [0.1, 0.15) is 6.10 Å². The van der Waals surface area contributed by atoms with Crippen molar-refractivity contribution in [1.29, 1.82) is 0 Å². The Labute approximate surface area is 265 Å². The Balaban J connectivity index is 1.62. The van der Waals surface area contributed by atoms with Crippen molar-refractivity contribution in [3.63, 3.8) is 0 Å². The summed E-state index contributed by atoms with van der Waals surface area (Å²) in [6.07, 6.45) is -4.56. The van der Waals surface area contributed by atoms with Crippen LogP contribution < -0.4 is 4.90 Å². The molecule has 1 saturated heterocycles. The van der Waals surface area contributed by atoms with Gasteiger partial charge in [0, 0.05) is 37.1 Å². The van der Waals surface area contributed by atoms with E-state index in [0.29, 0.717) is 68.0 Å². The first-order valence-electron chi connectivity index (χ1n) is 14.8. The Bertz CT molecular complexity index is 1290. The Hall–Kier alpha value is -3.10. The van der Waals surface area contributed by atoms with Crippen LogP contribution in [0.15, 0.2) is 35.1 Å². The number of hydrogen-bond donors (Lipinski definition) is 1. The van der Waals surface area contributed by atoms with Gasteiger partial charge in [0.2, 0.25) is 5.95 Å². The van der Waals surface area contributed by atoms with Crippen LogP contribution in [0.5, 0.6) is 0 Å². The predicted molar refractivity (Wildman–Crippen MR) is 155 cm³/mol. The number of carboxylic acid groups (broad SMARTS) is 1. The number of aromatic nitrogens is 2. The maximum atomic E-state index is 13.6. The molecule has 2 aromatic rings. The number of ether oxygens (including phenoxy) is 1. The van der Waals surface area contributed by atoms with Gasteiger partial charge >= 0.3 is 24.4 Å². The largest absolute Gasteiger partial charge is 0.481 e. The van der Waals surface area contributed by atoms with E-state index in [1.807, 2.05) is 13.8 Å². The lowest BCUT2D eigenvalue weighted by atomic mass is 9.87. The van der Waals surface area contributed by atoms with Crippen LogP contribution in [0.25, 0.3) is 0 Å². The van der Waals surface area contributed by atoms with Crippen molar-refractivity contribution >= 4 is 33.9 Å². The molecule has 1 aliphatic carbocycles. The molecule has 3 atom stereocenters. The maximum Gasteiger partial charge on any atom is 0.416 e. The Kier molecular flexibility index (Phi) is 10.9. The summed E-state index contributed by atoms with van der Waals surface area (Å²) in [5.41, 5.74) is -3.02. The smallest absolute Gasteiger partial charge is 0.416 e. The molecule has 0 radical (unpaired) electrons. The van der Waals surface area contributed by atoms with E-state index in [4.69, 9.17) is 4.74 Å². The molecular formula is C30H35BrF6N4O4. The molecule has 0 spiro atoms. The number of carbonyl (C=O) groups excluding carboxylic acids is 1. The molecule has 2 fully saturated rings.